The number of fused-ring (bicyclic) bond motifs is 1. The third kappa shape index (κ3) is 6.94. The molecule has 0 spiro atoms. The molecule has 0 unspecified atom stereocenters. The van der Waals surface area contributed by atoms with Gasteiger partial charge in [0.2, 0.25) is 5.92 Å². The Hall–Kier alpha value is -3.19. The van der Waals surface area contributed by atoms with Crippen LogP contribution in [0, 0.1) is 0 Å². The lowest BCUT2D eigenvalue weighted by Crippen LogP contribution is -2.20. The maximum absolute atomic E-state index is 13.1. The SMILES string of the molecule is COc1ccc(CN(C)CCCCC(C)(F)F)c(OC)c1-c1cccc2c(CCC(=O)O)cccc12. The quantitative estimate of drug-likeness (QED) is 0.262. The van der Waals surface area contributed by atoms with Crippen LogP contribution < -0.4 is 9.47 Å². The Morgan fingerprint density at radius 1 is 0.972 bits per heavy atom. The number of rotatable bonds is 13. The third-order valence-corrected chi connectivity index (χ3v) is 6.36. The van der Waals surface area contributed by atoms with Gasteiger partial charge in [-0.3, -0.25) is 4.79 Å². The molecule has 0 heterocycles. The number of aryl methyl sites for hydroxylation is 1. The second-order valence-corrected chi connectivity index (χ2v) is 9.31. The molecule has 194 valence electrons. The number of carbonyl (C=O) groups is 1. The van der Waals surface area contributed by atoms with E-state index in [4.69, 9.17) is 14.6 Å². The minimum atomic E-state index is -2.63. The second kappa shape index (κ2) is 12.2. The van der Waals surface area contributed by atoms with Crippen LogP contribution >= 0.6 is 0 Å². The van der Waals surface area contributed by atoms with Gasteiger partial charge in [-0.05, 0) is 67.7 Å². The number of unbranched alkanes of at least 4 members (excludes halogenated alkanes) is 1. The number of ether oxygens (including phenoxy) is 2. The average Bonchev–Trinajstić information content (AvgIpc) is 2.84. The first-order valence-corrected chi connectivity index (χ1v) is 12.2. The summed E-state index contributed by atoms with van der Waals surface area (Å²) in [4.78, 5) is 13.3. The van der Waals surface area contributed by atoms with Crippen molar-refractivity contribution < 1.29 is 28.2 Å². The lowest BCUT2D eigenvalue weighted by molar-refractivity contribution is -0.136. The van der Waals surface area contributed by atoms with E-state index in [1.807, 2.05) is 55.6 Å². The van der Waals surface area contributed by atoms with Crippen LogP contribution in [0.2, 0.25) is 0 Å². The van der Waals surface area contributed by atoms with E-state index >= 15 is 0 Å². The Morgan fingerprint density at radius 2 is 1.69 bits per heavy atom. The van der Waals surface area contributed by atoms with Crippen molar-refractivity contribution in [2.24, 2.45) is 0 Å². The number of benzene rings is 3. The molecule has 0 amide bonds. The number of hydrogen-bond donors (Lipinski definition) is 1. The summed E-state index contributed by atoms with van der Waals surface area (Å²) in [5, 5.41) is 11.1. The predicted octanol–water partition coefficient (Wildman–Crippen LogP) is 6.80. The third-order valence-electron chi connectivity index (χ3n) is 6.36. The van der Waals surface area contributed by atoms with E-state index < -0.39 is 11.9 Å². The van der Waals surface area contributed by atoms with E-state index in [2.05, 4.69) is 4.90 Å². The molecular formula is C29H35F2NO4. The Morgan fingerprint density at radius 3 is 2.36 bits per heavy atom. The molecule has 3 aromatic rings. The van der Waals surface area contributed by atoms with Gasteiger partial charge >= 0.3 is 5.97 Å². The lowest BCUT2D eigenvalue weighted by atomic mass is 9.92. The summed E-state index contributed by atoms with van der Waals surface area (Å²) in [6, 6.07) is 15.8. The molecule has 0 aliphatic heterocycles. The van der Waals surface area contributed by atoms with Crippen molar-refractivity contribution in [1.29, 1.82) is 0 Å². The highest BCUT2D eigenvalue weighted by Crippen LogP contribution is 2.44. The van der Waals surface area contributed by atoms with E-state index in [9.17, 15) is 13.6 Å². The topological polar surface area (TPSA) is 59.0 Å². The van der Waals surface area contributed by atoms with Crippen LogP contribution in [0.3, 0.4) is 0 Å². The highest BCUT2D eigenvalue weighted by Gasteiger charge is 2.21. The minimum absolute atomic E-state index is 0.0632. The van der Waals surface area contributed by atoms with Crippen molar-refractivity contribution in [3.8, 4) is 22.6 Å². The van der Waals surface area contributed by atoms with Gasteiger partial charge in [0, 0.05) is 24.9 Å². The molecule has 7 heteroatoms. The lowest BCUT2D eigenvalue weighted by Gasteiger charge is -2.22. The Kier molecular flexibility index (Phi) is 9.26. The van der Waals surface area contributed by atoms with Crippen molar-refractivity contribution in [2.45, 2.75) is 51.5 Å². The molecule has 36 heavy (non-hydrogen) atoms. The van der Waals surface area contributed by atoms with Crippen LogP contribution in [0.15, 0.2) is 48.5 Å². The fourth-order valence-electron chi connectivity index (χ4n) is 4.63. The number of alkyl halides is 2. The van der Waals surface area contributed by atoms with Gasteiger partial charge in [-0.1, -0.05) is 42.5 Å². The van der Waals surface area contributed by atoms with Gasteiger partial charge in [-0.25, -0.2) is 8.78 Å². The fourth-order valence-corrected chi connectivity index (χ4v) is 4.63. The van der Waals surface area contributed by atoms with Crippen LogP contribution in [0.4, 0.5) is 8.78 Å². The molecule has 0 aromatic heterocycles. The standard InChI is InChI=1S/C29H35F2NO4/c1-29(30,31)17-5-6-18-32(2)19-21-13-15-25(35-3)27(28(21)36-4)24-12-8-10-22-20(14-16-26(33)34)9-7-11-23(22)24/h7-13,15H,5-6,14,16-19H2,1-4H3,(H,33,34). The first kappa shape index (κ1) is 27.4. The van der Waals surface area contributed by atoms with Crippen LogP contribution in [0.25, 0.3) is 21.9 Å². The van der Waals surface area contributed by atoms with Crippen molar-refractivity contribution in [3.05, 3.63) is 59.7 Å². The summed E-state index contributed by atoms with van der Waals surface area (Å²) in [7, 11) is 5.23. The van der Waals surface area contributed by atoms with Crippen molar-refractivity contribution in [1.82, 2.24) is 4.90 Å². The van der Waals surface area contributed by atoms with E-state index in [1.165, 1.54) is 0 Å². The molecule has 0 fully saturated rings. The largest absolute Gasteiger partial charge is 0.496 e. The molecule has 0 radical (unpaired) electrons. The molecule has 0 atom stereocenters. The van der Waals surface area contributed by atoms with Crippen molar-refractivity contribution in [2.75, 3.05) is 27.8 Å². The molecule has 0 aliphatic carbocycles. The zero-order valence-corrected chi connectivity index (χ0v) is 21.4. The molecule has 3 rings (SSSR count). The molecule has 3 aromatic carbocycles. The normalized spacial score (nSPS) is 11.8. The first-order valence-electron chi connectivity index (χ1n) is 12.2. The van der Waals surface area contributed by atoms with Crippen LogP contribution in [0.5, 0.6) is 11.5 Å². The Labute approximate surface area is 211 Å². The fraction of sp³-hybridized carbons (Fsp3) is 0.414. The number of hydrogen-bond acceptors (Lipinski definition) is 4. The monoisotopic (exact) mass is 499 g/mol. The van der Waals surface area contributed by atoms with Gasteiger partial charge in [-0.2, -0.15) is 0 Å². The van der Waals surface area contributed by atoms with Crippen molar-refractivity contribution >= 4 is 16.7 Å². The predicted molar refractivity (Wildman–Crippen MR) is 139 cm³/mol. The first-order chi connectivity index (χ1) is 17.1. The number of carboxylic acid groups (broad SMARTS) is 1. The highest BCUT2D eigenvalue weighted by molar-refractivity contribution is 6.01. The second-order valence-electron chi connectivity index (χ2n) is 9.31. The molecule has 1 N–H and O–H groups in total. The zero-order chi connectivity index (χ0) is 26.3. The molecule has 0 saturated carbocycles. The van der Waals surface area contributed by atoms with E-state index in [1.54, 1.807) is 14.2 Å². The number of halogens is 2. The molecule has 5 nitrogen and oxygen atoms in total. The highest BCUT2D eigenvalue weighted by atomic mass is 19.3. The Balaban J connectivity index is 1.97. The molecule has 0 aliphatic rings. The number of methoxy groups -OCH3 is 2. The van der Waals surface area contributed by atoms with E-state index in [0.717, 1.165) is 39.9 Å². The van der Waals surface area contributed by atoms with Gasteiger partial charge in [0.15, 0.2) is 0 Å². The van der Waals surface area contributed by atoms with Gasteiger partial charge in [0.1, 0.15) is 11.5 Å². The smallest absolute Gasteiger partial charge is 0.303 e. The number of carboxylic acids is 1. The molecule has 0 bridgehead atoms. The maximum atomic E-state index is 13.1. The van der Waals surface area contributed by atoms with Crippen LogP contribution in [0.1, 0.15) is 43.7 Å². The van der Waals surface area contributed by atoms with E-state index in [0.29, 0.717) is 43.9 Å². The number of aliphatic carboxylic acids is 1. The minimum Gasteiger partial charge on any atom is -0.496 e. The zero-order valence-electron chi connectivity index (χ0n) is 21.4. The van der Waals surface area contributed by atoms with Gasteiger partial charge in [0.05, 0.1) is 19.8 Å². The van der Waals surface area contributed by atoms with Gasteiger partial charge in [0.25, 0.3) is 0 Å². The molecule has 0 saturated heterocycles. The summed E-state index contributed by atoms with van der Waals surface area (Å²) in [5.74, 6) is -2.08. The maximum Gasteiger partial charge on any atom is 0.303 e. The summed E-state index contributed by atoms with van der Waals surface area (Å²) >= 11 is 0. The van der Waals surface area contributed by atoms with Crippen LogP contribution in [-0.4, -0.2) is 49.7 Å². The van der Waals surface area contributed by atoms with Gasteiger partial charge in [-0.15, -0.1) is 0 Å². The number of nitrogens with zero attached hydrogens (tertiary/aromatic N) is 1. The van der Waals surface area contributed by atoms with E-state index in [-0.39, 0.29) is 12.8 Å². The molecular weight excluding hydrogens is 464 g/mol. The van der Waals surface area contributed by atoms with Crippen LogP contribution in [-0.2, 0) is 17.8 Å². The summed E-state index contributed by atoms with van der Waals surface area (Å²) in [6.07, 6.45) is 1.56. The average molecular weight is 500 g/mol. The Bertz CT molecular complexity index is 1190. The summed E-state index contributed by atoms with van der Waals surface area (Å²) in [6.45, 7) is 2.25. The van der Waals surface area contributed by atoms with Gasteiger partial charge < -0.3 is 19.5 Å². The van der Waals surface area contributed by atoms with Crippen molar-refractivity contribution in [3.63, 3.8) is 0 Å². The summed E-state index contributed by atoms with van der Waals surface area (Å²) in [5.41, 5.74) is 3.71. The summed E-state index contributed by atoms with van der Waals surface area (Å²) < 4.78 is 37.9.